The summed E-state index contributed by atoms with van der Waals surface area (Å²) >= 11 is 2.83. The Morgan fingerprint density at radius 1 is 1.25 bits per heavy atom. The maximum atomic E-state index is 13.1. The van der Waals surface area contributed by atoms with Crippen LogP contribution in [0.4, 0.5) is 5.69 Å². The minimum atomic E-state index is -0.109. The Hall–Kier alpha value is -2.12. The quantitative estimate of drug-likeness (QED) is 0.470. The maximum absolute atomic E-state index is 13.1. The molecule has 0 radical (unpaired) electrons. The fourth-order valence-corrected chi connectivity index (χ4v) is 5.03. The molecule has 28 heavy (non-hydrogen) atoms. The van der Waals surface area contributed by atoms with Crippen molar-refractivity contribution in [2.45, 2.75) is 52.7 Å². The number of fused-ring (bicyclic) bond motifs is 1. The third-order valence-corrected chi connectivity index (χ3v) is 6.77. The van der Waals surface area contributed by atoms with Crippen LogP contribution in [-0.4, -0.2) is 21.2 Å². The van der Waals surface area contributed by atoms with Crippen molar-refractivity contribution in [3.8, 4) is 0 Å². The highest BCUT2D eigenvalue weighted by molar-refractivity contribution is 7.99. The molecule has 3 aromatic rings. The summed E-state index contributed by atoms with van der Waals surface area (Å²) in [6.07, 6.45) is 0. The number of amides is 1. The number of nitrogens with zero attached hydrogens (tertiary/aromatic N) is 2. The number of carbonyl (C=O) groups excluding carboxylic acids is 1. The molecule has 5 nitrogen and oxygen atoms in total. The van der Waals surface area contributed by atoms with Crippen molar-refractivity contribution in [3.63, 3.8) is 0 Å². The number of hydrogen-bond donors (Lipinski definition) is 1. The number of aryl methyl sites for hydroxylation is 4. The van der Waals surface area contributed by atoms with E-state index in [0.717, 1.165) is 32.1 Å². The van der Waals surface area contributed by atoms with Crippen LogP contribution >= 0.6 is 23.1 Å². The largest absolute Gasteiger partial charge is 0.325 e. The van der Waals surface area contributed by atoms with E-state index in [-0.39, 0.29) is 23.3 Å². The van der Waals surface area contributed by atoms with Crippen molar-refractivity contribution in [1.82, 2.24) is 9.55 Å². The first-order chi connectivity index (χ1) is 13.2. The molecule has 0 aliphatic rings. The number of anilines is 1. The van der Waals surface area contributed by atoms with Crippen molar-refractivity contribution >= 4 is 44.9 Å². The molecule has 0 saturated heterocycles. The van der Waals surface area contributed by atoms with Gasteiger partial charge in [0.2, 0.25) is 5.91 Å². The molecular formula is C21H25N3O2S2. The van der Waals surface area contributed by atoms with Crippen molar-refractivity contribution in [2.24, 2.45) is 0 Å². The number of carbonyl (C=O) groups is 1. The lowest BCUT2D eigenvalue weighted by atomic mass is 10.1. The van der Waals surface area contributed by atoms with Gasteiger partial charge in [0, 0.05) is 16.6 Å². The smallest absolute Gasteiger partial charge is 0.263 e. The molecule has 0 aliphatic carbocycles. The Bertz CT molecular complexity index is 1110. The number of thiophene rings is 1. The molecule has 0 spiro atoms. The number of rotatable bonds is 5. The van der Waals surface area contributed by atoms with Crippen LogP contribution in [0.3, 0.4) is 0 Å². The Morgan fingerprint density at radius 3 is 2.64 bits per heavy atom. The Kier molecular flexibility index (Phi) is 5.95. The molecule has 7 heteroatoms. The average Bonchev–Trinajstić information content (AvgIpc) is 2.90. The van der Waals surface area contributed by atoms with Crippen molar-refractivity contribution < 1.29 is 4.79 Å². The number of nitrogens with one attached hydrogen (secondary N) is 1. The van der Waals surface area contributed by atoms with Crippen molar-refractivity contribution in [3.05, 3.63) is 50.1 Å². The summed E-state index contributed by atoms with van der Waals surface area (Å²) in [6.45, 7) is 11.9. The first-order valence-electron chi connectivity index (χ1n) is 9.21. The SMILES string of the molecule is Cc1ccc(C)c(NC(=O)CSc2nc3sc(C)c(C)c3c(=O)n2C(C)C)c1. The maximum Gasteiger partial charge on any atom is 0.263 e. The summed E-state index contributed by atoms with van der Waals surface area (Å²) in [5.41, 5.74) is 3.90. The van der Waals surface area contributed by atoms with Crippen LogP contribution in [-0.2, 0) is 4.79 Å². The second-order valence-corrected chi connectivity index (χ2v) is 9.43. The standard InChI is InChI=1S/C21H25N3O2S2/c1-11(2)24-20(26)18-14(5)15(6)28-19(18)23-21(24)27-10-17(25)22-16-9-12(3)7-8-13(16)4/h7-9,11H,10H2,1-6H3,(H,22,25). The molecular weight excluding hydrogens is 390 g/mol. The summed E-state index contributed by atoms with van der Waals surface area (Å²) in [4.78, 5) is 32.1. The van der Waals surface area contributed by atoms with E-state index in [0.29, 0.717) is 10.5 Å². The van der Waals surface area contributed by atoms with E-state index in [1.807, 2.05) is 59.7 Å². The van der Waals surface area contributed by atoms with E-state index >= 15 is 0 Å². The van der Waals surface area contributed by atoms with Crippen molar-refractivity contribution in [2.75, 3.05) is 11.1 Å². The van der Waals surface area contributed by atoms with Gasteiger partial charge in [-0.2, -0.15) is 0 Å². The van der Waals surface area contributed by atoms with Crippen LogP contribution in [0.2, 0.25) is 0 Å². The minimum absolute atomic E-state index is 0.0284. The predicted octanol–water partition coefficient (Wildman–Crippen LogP) is 5.00. The van der Waals surface area contributed by atoms with Gasteiger partial charge in [-0.15, -0.1) is 11.3 Å². The van der Waals surface area contributed by atoms with E-state index in [4.69, 9.17) is 4.98 Å². The number of thioether (sulfide) groups is 1. The summed E-state index contributed by atoms with van der Waals surface area (Å²) < 4.78 is 1.69. The second kappa shape index (κ2) is 8.09. The van der Waals surface area contributed by atoms with Crippen LogP contribution < -0.4 is 10.9 Å². The molecule has 0 atom stereocenters. The summed E-state index contributed by atoms with van der Waals surface area (Å²) in [5, 5.41) is 4.25. The highest BCUT2D eigenvalue weighted by Gasteiger charge is 2.19. The predicted molar refractivity (Wildman–Crippen MR) is 119 cm³/mol. The van der Waals surface area contributed by atoms with Gasteiger partial charge in [0.05, 0.1) is 11.1 Å². The van der Waals surface area contributed by atoms with E-state index < -0.39 is 0 Å². The summed E-state index contributed by atoms with van der Waals surface area (Å²) in [5.74, 6) is 0.0865. The van der Waals surface area contributed by atoms with Gasteiger partial charge in [0.1, 0.15) is 4.83 Å². The van der Waals surface area contributed by atoms with Crippen molar-refractivity contribution in [1.29, 1.82) is 0 Å². The average molecular weight is 416 g/mol. The first-order valence-corrected chi connectivity index (χ1v) is 11.0. The van der Waals surface area contributed by atoms with Crippen LogP contribution in [0.25, 0.3) is 10.2 Å². The summed E-state index contributed by atoms with van der Waals surface area (Å²) in [6, 6.07) is 5.94. The van der Waals surface area contributed by atoms with Gasteiger partial charge in [-0.3, -0.25) is 14.2 Å². The lowest BCUT2D eigenvalue weighted by Gasteiger charge is -2.15. The zero-order chi connectivity index (χ0) is 20.6. The number of hydrogen-bond acceptors (Lipinski definition) is 5. The van der Waals surface area contributed by atoms with E-state index in [1.165, 1.54) is 23.1 Å². The molecule has 1 amide bonds. The zero-order valence-electron chi connectivity index (χ0n) is 17.0. The van der Waals surface area contributed by atoms with Gasteiger partial charge in [0.25, 0.3) is 5.56 Å². The van der Waals surface area contributed by atoms with Gasteiger partial charge < -0.3 is 5.32 Å². The monoisotopic (exact) mass is 415 g/mol. The minimum Gasteiger partial charge on any atom is -0.325 e. The number of aromatic nitrogens is 2. The van der Waals surface area contributed by atoms with Crippen LogP contribution in [0.15, 0.2) is 28.2 Å². The zero-order valence-corrected chi connectivity index (χ0v) is 18.7. The van der Waals surface area contributed by atoms with Gasteiger partial charge in [-0.1, -0.05) is 23.9 Å². The van der Waals surface area contributed by atoms with E-state index in [1.54, 1.807) is 4.57 Å². The molecule has 0 aliphatic heterocycles. The fourth-order valence-electron chi connectivity index (χ4n) is 3.03. The van der Waals surface area contributed by atoms with Crippen LogP contribution in [0.5, 0.6) is 0 Å². The summed E-state index contributed by atoms with van der Waals surface area (Å²) in [7, 11) is 0. The lowest BCUT2D eigenvalue weighted by molar-refractivity contribution is -0.113. The number of benzene rings is 1. The third kappa shape index (κ3) is 4.00. The molecule has 1 N–H and O–H groups in total. The second-order valence-electron chi connectivity index (χ2n) is 7.28. The van der Waals surface area contributed by atoms with E-state index in [9.17, 15) is 9.59 Å². The molecule has 2 heterocycles. The third-order valence-electron chi connectivity index (χ3n) is 4.72. The first kappa shape index (κ1) is 20.6. The Morgan fingerprint density at radius 2 is 1.96 bits per heavy atom. The highest BCUT2D eigenvalue weighted by Crippen LogP contribution is 2.29. The molecule has 2 aromatic heterocycles. The van der Waals surface area contributed by atoms with Crippen LogP contribution in [0, 0.1) is 27.7 Å². The molecule has 0 fully saturated rings. The molecule has 1 aromatic carbocycles. The fraction of sp³-hybridized carbons (Fsp3) is 0.381. The van der Waals surface area contributed by atoms with Gasteiger partial charge >= 0.3 is 0 Å². The Balaban J connectivity index is 1.87. The van der Waals surface area contributed by atoms with E-state index in [2.05, 4.69) is 5.32 Å². The molecule has 0 saturated carbocycles. The van der Waals surface area contributed by atoms with Crippen LogP contribution in [0.1, 0.15) is 41.5 Å². The molecule has 0 unspecified atom stereocenters. The topological polar surface area (TPSA) is 64.0 Å². The Labute approximate surface area is 173 Å². The molecule has 0 bridgehead atoms. The highest BCUT2D eigenvalue weighted by atomic mass is 32.2. The molecule has 148 valence electrons. The van der Waals surface area contributed by atoms with Gasteiger partial charge in [-0.25, -0.2) is 4.98 Å². The molecule has 3 rings (SSSR count). The lowest BCUT2D eigenvalue weighted by Crippen LogP contribution is -2.25. The normalized spacial score (nSPS) is 11.4. The van der Waals surface area contributed by atoms with Gasteiger partial charge in [-0.05, 0) is 64.3 Å². The van der Waals surface area contributed by atoms with Gasteiger partial charge in [0.15, 0.2) is 5.16 Å².